The van der Waals surface area contributed by atoms with E-state index in [1.54, 1.807) is 49.7 Å². The number of methoxy groups -OCH3 is 1. The van der Waals surface area contributed by atoms with Crippen LogP contribution in [0.15, 0.2) is 168 Å². The summed E-state index contributed by atoms with van der Waals surface area (Å²) in [6, 6.07) is 25.6. The Hall–Kier alpha value is -8.98. The molecule has 0 fully saturated rings. The molecular weight excluding hydrogens is 1170 g/mol. The third-order valence-corrected chi connectivity index (χ3v) is 11.7. The van der Waals surface area contributed by atoms with Crippen molar-refractivity contribution in [3.8, 4) is 40.1 Å². The van der Waals surface area contributed by atoms with Crippen LogP contribution < -0.4 is 20.7 Å². The summed E-state index contributed by atoms with van der Waals surface area (Å²) in [6.07, 6.45) is -0.343. The van der Waals surface area contributed by atoms with Crippen LogP contribution in [-0.4, -0.2) is 81.9 Å². The lowest BCUT2D eigenvalue weighted by Gasteiger charge is -2.06. The number of rotatable bonds is 13. The van der Waals surface area contributed by atoms with Gasteiger partial charge in [-0.1, -0.05) is 15.3 Å². The van der Waals surface area contributed by atoms with Crippen LogP contribution in [0.2, 0.25) is 0 Å². The number of nitrogens with one attached hydrogen (secondary N) is 3. The van der Waals surface area contributed by atoms with Gasteiger partial charge in [-0.2, -0.15) is 52.7 Å². The van der Waals surface area contributed by atoms with Gasteiger partial charge in [0.1, 0.15) is 10.8 Å². The Morgan fingerprint density at radius 3 is 1.23 bits per heavy atom. The summed E-state index contributed by atoms with van der Waals surface area (Å²) in [5, 5.41) is 29.0. The fourth-order valence-corrected chi connectivity index (χ4v) is 7.57. The van der Waals surface area contributed by atoms with Crippen LogP contribution in [0.5, 0.6) is 5.75 Å². The molecule has 0 saturated heterocycles. The number of carbonyl (C=O) groups excluding carboxylic acids is 3. The average Bonchev–Trinajstić information content (AvgIpc) is 4.34. The van der Waals surface area contributed by atoms with E-state index >= 15 is 0 Å². The van der Waals surface area contributed by atoms with Gasteiger partial charge in [0.05, 0.1) is 23.8 Å². The van der Waals surface area contributed by atoms with Gasteiger partial charge < -0.3 is 18.0 Å². The third-order valence-electron chi connectivity index (χ3n) is 9.56. The summed E-state index contributed by atoms with van der Waals surface area (Å²) in [6.45, 7) is 0. The van der Waals surface area contributed by atoms with Crippen molar-refractivity contribution in [1.29, 1.82) is 0 Å². The largest absolute Gasteiger partial charge is 0.497 e. The fraction of sp³-hybridized carbons (Fsp3) is 0.104. The Morgan fingerprint density at radius 1 is 0.457 bits per heavy atom. The van der Waals surface area contributed by atoms with Gasteiger partial charge in [-0.3, -0.25) is 35.3 Å². The van der Waals surface area contributed by atoms with Gasteiger partial charge in [0, 0.05) is 62.4 Å². The number of pyridine rings is 2. The number of nitrogens with zero attached hydrogens (tertiary/aromatic N) is 8. The van der Waals surface area contributed by atoms with E-state index in [4.69, 9.17) is 18.0 Å². The first-order chi connectivity index (χ1) is 38.3. The van der Waals surface area contributed by atoms with E-state index in [-0.39, 0.29) is 108 Å². The molecule has 4 aromatic carbocycles. The molecule has 0 spiro atoms. The number of anilines is 3. The van der Waals surface area contributed by atoms with Crippen molar-refractivity contribution in [1.82, 2.24) is 40.6 Å². The SMILES string of the molecule is COc1ccc(-c2nnc(NC(=O)c3ccc(SC(F)(F)F)nc3)o2)cc1.O=C(Nc1nnc(-c2ccc(C(F)(F)F)cc2)o1)c1ccc(SC(F)(F)F)cc1.O=C(Nc1nnc(-c2cccnc2)o1)c1ccc(SC(F)(F)F)cc1. The van der Waals surface area contributed by atoms with Crippen LogP contribution in [0.3, 0.4) is 0 Å². The van der Waals surface area contributed by atoms with Crippen molar-refractivity contribution >= 4 is 71.1 Å². The molecule has 9 aromatic rings. The van der Waals surface area contributed by atoms with Crippen LogP contribution in [0, 0.1) is 0 Å². The zero-order valence-corrected chi connectivity index (χ0v) is 42.4. The second-order valence-corrected chi connectivity index (χ2v) is 18.6. The van der Waals surface area contributed by atoms with Crippen molar-refractivity contribution in [2.45, 2.75) is 37.5 Å². The monoisotopic (exact) mass is 1200 g/mol. The van der Waals surface area contributed by atoms with Gasteiger partial charge >= 0.3 is 40.7 Å². The Labute approximate surface area is 457 Å². The highest BCUT2D eigenvalue weighted by molar-refractivity contribution is 8.00. The normalized spacial score (nSPS) is 11.6. The lowest BCUT2D eigenvalue weighted by atomic mass is 10.1. The van der Waals surface area contributed by atoms with Crippen LogP contribution in [0.25, 0.3) is 34.4 Å². The van der Waals surface area contributed by atoms with E-state index in [1.165, 1.54) is 48.7 Å². The Balaban J connectivity index is 0.000000176. The molecule has 0 atom stereocenters. The summed E-state index contributed by atoms with van der Waals surface area (Å²) in [5.41, 5.74) is -12.4. The smallest absolute Gasteiger partial charge is 0.447 e. The molecule has 0 radical (unpaired) electrons. The molecule has 0 aliphatic carbocycles. The number of benzene rings is 4. The lowest BCUT2D eigenvalue weighted by molar-refractivity contribution is -0.137. The van der Waals surface area contributed by atoms with Crippen LogP contribution in [-0.2, 0) is 6.18 Å². The number of ether oxygens (including phenoxy) is 1. The lowest BCUT2D eigenvalue weighted by Crippen LogP contribution is -2.12. The summed E-state index contributed by atoms with van der Waals surface area (Å²) in [4.78, 5) is 43.7. The van der Waals surface area contributed by atoms with E-state index in [2.05, 4.69) is 56.5 Å². The number of hydrogen-bond donors (Lipinski definition) is 3. The molecule has 3 N–H and O–H groups in total. The molecule has 33 heteroatoms. The molecule has 5 aromatic heterocycles. The number of halogens is 12. The minimum absolute atomic E-state index is 0.0132. The second kappa shape index (κ2) is 25.9. The van der Waals surface area contributed by atoms with Gasteiger partial charge in [-0.05, 0) is 145 Å². The maximum absolute atomic E-state index is 12.6. The molecule has 0 aliphatic rings. The molecule has 3 amide bonds. The van der Waals surface area contributed by atoms with Crippen LogP contribution >= 0.6 is 35.3 Å². The Morgan fingerprint density at radius 2 is 0.864 bits per heavy atom. The van der Waals surface area contributed by atoms with E-state index < -0.39 is 46.0 Å². The second-order valence-electron chi connectivity index (χ2n) is 15.2. The van der Waals surface area contributed by atoms with Gasteiger partial charge in [-0.25, -0.2) is 4.98 Å². The van der Waals surface area contributed by atoms with Crippen molar-refractivity contribution in [3.63, 3.8) is 0 Å². The fourth-order valence-electron chi connectivity index (χ4n) is 6.01. The minimum Gasteiger partial charge on any atom is -0.497 e. The summed E-state index contributed by atoms with van der Waals surface area (Å²) in [7, 11) is 1.54. The summed E-state index contributed by atoms with van der Waals surface area (Å²) >= 11 is -0.931. The highest BCUT2D eigenvalue weighted by atomic mass is 32.2. The van der Waals surface area contributed by atoms with Crippen molar-refractivity contribution in [2.24, 2.45) is 0 Å². The van der Waals surface area contributed by atoms with Crippen LogP contribution in [0.4, 0.5) is 70.7 Å². The molecule has 0 saturated carbocycles. The zero-order chi connectivity index (χ0) is 58.5. The Kier molecular flexibility index (Phi) is 19.1. The first-order valence-electron chi connectivity index (χ1n) is 21.9. The van der Waals surface area contributed by atoms with Crippen molar-refractivity contribution in [2.75, 3.05) is 23.1 Å². The number of amides is 3. The van der Waals surface area contributed by atoms with Gasteiger partial charge in [0.25, 0.3) is 23.6 Å². The molecule has 9 rings (SSSR count). The summed E-state index contributed by atoms with van der Waals surface area (Å²) in [5.74, 6) is -1.03. The minimum atomic E-state index is -4.49. The quantitative estimate of drug-likeness (QED) is 0.0718. The van der Waals surface area contributed by atoms with E-state index in [9.17, 15) is 67.1 Å². The average molecular weight is 1200 g/mol. The number of thioether (sulfide) groups is 3. The number of hydrogen-bond acceptors (Lipinski definition) is 18. The van der Waals surface area contributed by atoms with Gasteiger partial charge in [0.2, 0.25) is 11.8 Å². The number of carbonyl (C=O) groups is 3. The molecule has 18 nitrogen and oxygen atoms in total. The molecule has 0 bridgehead atoms. The molecule has 0 unspecified atom stereocenters. The number of alkyl halides is 12. The molecule has 81 heavy (non-hydrogen) atoms. The molecule has 0 aliphatic heterocycles. The van der Waals surface area contributed by atoms with E-state index in [0.717, 1.165) is 48.7 Å². The first kappa shape index (κ1) is 59.7. The summed E-state index contributed by atoms with van der Waals surface area (Å²) < 4.78 is 169. The highest BCUT2D eigenvalue weighted by Crippen LogP contribution is 2.39. The molecule has 420 valence electrons. The topological polar surface area (TPSA) is 239 Å². The van der Waals surface area contributed by atoms with Gasteiger partial charge in [0.15, 0.2) is 0 Å². The predicted molar refractivity (Wildman–Crippen MR) is 265 cm³/mol. The van der Waals surface area contributed by atoms with Gasteiger partial charge in [-0.15, -0.1) is 15.3 Å². The van der Waals surface area contributed by atoms with Crippen molar-refractivity contribution in [3.05, 3.63) is 162 Å². The third kappa shape index (κ3) is 18.6. The molecular formula is C48H29F12N11O7S3. The predicted octanol–water partition coefficient (Wildman–Crippen LogP) is 13.6. The standard InChI is InChI=1S/C17H9F6N3O2S.C16H11F3N4O3S.C15H9F3N4O2S/c18-16(19,20)11-5-1-10(2-6-11)14-25-26-15(28-14)24-13(27)9-3-7-12(8-4-9)29-17(21,22)23;1-25-11-5-2-9(3-6-11)14-22-23-15(26-14)21-13(24)10-4-7-12(20-8-10)27-16(17,18)19;16-15(17,18)25-11-5-3-9(4-6-11)12(23)20-14-22-21-13(24-14)10-2-1-7-19-8-10/h1-8H,(H,24,26,27);2-8H,1H3,(H,21,23,24);1-8H,(H,20,22,23). The first-order valence-corrected chi connectivity index (χ1v) is 24.3. The van der Waals surface area contributed by atoms with E-state index in [1.807, 2.05) is 0 Å². The highest BCUT2D eigenvalue weighted by Gasteiger charge is 2.32. The zero-order valence-electron chi connectivity index (χ0n) is 40.0. The van der Waals surface area contributed by atoms with Crippen molar-refractivity contribution < 1.29 is 85.1 Å². The molecule has 5 heterocycles. The Bertz CT molecular complexity index is 3530. The maximum Gasteiger partial charge on any atom is 0.447 e. The number of aromatic nitrogens is 8. The maximum atomic E-state index is 12.6. The van der Waals surface area contributed by atoms with E-state index in [0.29, 0.717) is 16.9 Å². The van der Waals surface area contributed by atoms with Crippen LogP contribution in [0.1, 0.15) is 36.6 Å².